The number of carbonyl (C=O) groups is 3. The van der Waals surface area contributed by atoms with Gasteiger partial charge in [0.05, 0.1) is 41.6 Å². The second-order valence-corrected chi connectivity index (χ2v) is 14.3. The molecule has 0 bridgehead atoms. The minimum absolute atomic E-state index is 0.0138. The van der Waals surface area contributed by atoms with Gasteiger partial charge in [-0.3, -0.25) is 14.4 Å². The van der Waals surface area contributed by atoms with Crippen molar-refractivity contribution in [2.45, 2.75) is 42.2 Å². The number of carbonyl (C=O) groups excluding carboxylic acids is 3. The number of benzene rings is 3. The monoisotopic (exact) mass is 768 g/mol. The van der Waals surface area contributed by atoms with Gasteiger partial charge in [0.1, 0.15) is 22.1 Å². The number of rotatable bonds is 14. The molecule has 5 rings (SSSR count). The van der Waals surface area contributed by atoms with Crippen LogP contribution in [-0.4, -0.2) is 95.5 Å². The maximum absolute atomic E-state index is 14.4. The maximum Gasteiger partial charge on any atom is 0.231 e. The third-order valence-electron chi connectivity index (χ3n) is 9.96. The number of ether oxygens (including phenoxy) is 6. The molecule has 0 aromatic heterocycles. The molecular formula is C39H45ClN2O10S. The summed E-state index contributed by atoms with van der Waals surface area (Å²) >= 11 is 8.18. The highest BCUT2D eigenvalue weighted by molar-refractivity contribution is 7.98. The highest BCUT2D eigenvalue weighted by atomic mass is 35.5. The molecule has 1 heterocycles. The molecule has 4 atom stereocenters. The van der Waals surface area contributed by atoms with Crippen molar-refractivity contribution >= 4 is 40.8 Å². The van der Waals surface area contributed by atoms with Crippen molar-refractivity contribution in [3.05, 3.63) is 75.5 Å². The number of Topliss-reactive ketones (excluding diaryl/α,β-unsaturated/α-hetero) is 2. The van der Waals surface area contributed by atoms with Gasteiger partial charge in [-0.2, -0.15) is 0 Å². The number of ketones is 2. The molecule has 3 aromatic carbocycles. The number of aliphatic hydroxyl groups excluding tert-OH is 1. The van der Waals surface area contributed by atoms with Crippen LogP contribution in [-0.2, 0) is 9.59 Å². The first-order chi connectivity index (χ1) is 25.3. The number of thioether (sulfide) groups is 1. The molecule has 53 heavy (non-hydrogen) atoms. The van der Waals surface area contributed by atoms with E-state index in [-0.39, 0.29) is 64.7 Å². The summed E-state index contributed by atoms with van der Waals surface area (Å²) in [4.78, 5) is 45.3. The fourth-order valence-electron chi connectivity index (χ4n) is 7.12. The predicted octanol–water partition coefficient (Wildman–Crippen LogP) is 6.43. The Morgan fingerprint density at radius 3 is 2.09 bits per heavy atom. The van der Waals surface area contributed by atoms with Crippen molar-refractivity contribution in [3.63, 3.8) is 0 Å². The first-order valence-electron chi connectivity index (χ1n) is 16.8. The fourth-order valence-corrected chi connectivity index (χ4v) is 7.79. The zero-order valence-electron chi connectivity index (χ0n) is 31.2. The average Bonchev–Trinajstić information content (AvgIpc) is 3.47. The number of aliphatic hydroxyl groups is 1. The Morgan fingerprint density at radius 2 is 1.57 bits per heavy atom. The number of allylic oxidation sites excluding steroid dienone is 1. The number of likely N-dealkylation sites (N-methyl/N-ethyl adjacent to an activating group) is 1. The van der Waals surface area contributed by atoms with E-state index in [4.69, 9.17) is 40.0 Å². The van der Waals surface area contributed by atoms with Crippen LogP contribution in [0, 0.1) is 5.92 Å². The largest absolute Gasteiger partial charge is 0.507 e. The lowest BCUT2D eigenvalue weighted by atomic mass is 9.69. The Bertz CT molecular complexity index is 1910. The summed E-state index contributed by atoms with van der Waals surface area (Å²) < 4.78 is 33.9. The summed E-state index contributed by atoms with van der Waals surface area (Å²) in [5, 5.41) is 15.3. The number of methoxy groups -OCH3 is 5. The van der Waals surface area contributed by atoms with Crippen molar-refractivity contribution < 1.29 is 47.9 Å². The van der Waals surface area contributed by atoms with Crippen molar-refractivity contribution in [3.8, 4) is 34.5 Å². The Labute approximate surface area is 318 Å². The van der Waals surface area contributed by atoms with Gasteiger partial charge in [0, 0.05) is 47.8 Å². The zero-order valence-corrected chi connectivity index (χ0v) is 32.8. The molecule has 12 nitrogen and oxygen atoms in total. The Balaban J connectivity index is 1.55. The van der Waals surface area contributed by atoms with Crippen LogP contribution in [0.15, 0.2) is 58.7 Å². The Kier molecular flexibility index (Phi) is 12.1. The third kappa shape index (κ3) is 7.09. The number of fused-ring (bicyclic) bond motifs is 1. The maximum atomic E-state index is 14.4. The van der Waals surface area contributed by atoms with Crippen LogP contribution < -0.4 is 33.7 Å². The smallest absolute Gasteiger partial charge is 0.231 e. The van der Waals surface area contributed by atoms with Gasteiger partial charge in [-0.1, -0.05) is 30.7 Å². The fraction of sp³-hybridized carbons (Fsp3) is 0.410. The first kappa shape index (κ1) is 39.6. The van der Waals surface area contributed by atoms with Crippen LogP contribution in [0.2, 0.25) is 5.02 Å². The number of nitrogens with one attached hydrogen (secondary N) is 1. The lowest BCUT2D eigenvalue weighted by Crippen LogP contribution is -2.53. The lowest BCUT2D eigenvalue weighted by molar-refractivity contribution is -0.122. The van der Waals surface area contributed by atoms with E-state index in [0.717, 1.165) is 10.5 Å². The number of nitrogens with zero attached hydrogens (tertiary/aromatic N) is 1. The van der Waals surface area contributed by atoms with Crippen molar-refractivity contribution in [1.82, 2.24) is 10.2 Å². The minimum atomic E-state index is -1.99. The van der Waals surface area contributed by atoms with Crippen LogP contribution in [0.5, 0.6) is 34.5 Å². The molecule has 3 aromatic rings. The molecule has 1 aliphatic carbocycles. The molecule has 2 N–H and O–H groups in total. The van der Waals surface area contributed by atoms with Crippen molar-refractivity contribution in [1.29, 1.82) is 0 Å². The van der Waals surface area contributed by atoms with E-state index in [1.165, 1.54) is 53.4 Å². The van der Waals surface area contributed by atoms with Gasteiger partial charge in [-0.25, -0.2) is 0 Å². The van der Waals surface area contributed by atoms with E-state index in [2.05, 4.69) is 5.32 Å². The van der Waals surface area contributed by atoms with E-state index in [1.807, 2.05) is 61.6 Å². The third-order valence-corrected chi connectivity index (χ3v) is 11.1. The van der Waals surface area contributed by atoms with Gasteiger partial charge in [-0.15, -0.1) is 11.8 Å². The van der Waals surface area contributed by atoms with E-state index in [0.29, 0.717) is 22.8 Å². The summed E-state index contributed by atoms with van der Waals surface area (Å²) in [7, 11) is 11.2. The van der Waals surface area contributed by atoms with Crippen LogP contribution in [0.1, 0.15) is 53.2 Å². The van der Waals surface area contributed by atoms with Gasteiger partial charge >= 0.3 is 0 Å². The second kappa shape index (κ2) is 16.2. The number of amides is 1. The van der Waals surface area contributed by atoms with Crippen molar-refractivity contribution in [2.24, 2.45) is 5.92 Å². The standard InChI is InChI=1S/C39H45ClN2O10S/c1-20-14-26(43)32(37(45)39(20)38(46)33-27(47-4)18-28(48-5)34(40)36(33)52-39)24(21-10-12-23(53-9)13-11-21)17-31(44)41-19-25(42(2)3)22-15-29(49-6)35(51-8)30(16-22)50-7/h10-13,15-16,18,20,24-25,45H,14,17,19H2,1-9H3,(H,41,44)/t20-,24?,25?,39+/m1/s1. The number of hydrogen-bond donors (Lipinski definition) is 2. The highest BCUT2D eigenvalue weighted by Crippen LogP contribution is 2.56. The molecule has 2 unspecified atom stereocenters. The average molecular weight is 769 g/mol. The molecule has 0 saturated carbocycles. The molecule has 1 amide bonds. The lowest BCUT2D eigenvalue weighted by Gasteiger charge is -2.38. The molecule has 284 valence electrons. The second-order valence-electron chi connectivity index (χ2n) is 13.0. The van der Waals surface area contributed by atoms with E-state index in [1.54, 1.807) is 6.92 Å². The molecule has 0 fully saturated rings. The summed E-state index contributed by atoms with van der Waals surface area (Å²) in [6, 6.07) is 12.2. The Hall–Kier alpha value is -4.59. The molecule has 1 aliphatic heterocycles. The summed E-state index contributed by atoms with van der Waals surface area (Å²) in [6.07, 6.45) is 1.58. The van der Waals surface area contributed by atoms with E-state index >= 15 is 0 Å². The van der Waals surface area contributed by atoms with E-state index in [9.17, 15) is 19.5 Å². The van der Waals surface area contributed by atoms with Gasteiger partial charge in [-0.05, 0) is 55.7 Å². The van der Waals surface area contributed by atoms with Gasteiger partial charge in [0.2, 0.25) is 23.0 Å². The van der Waals surface area contributed by atoms with Crippen LogP contribution in [0.3, 0.4) is 0 Å². The predicted molar refractivity (Wildman–Crippen MR) is 202 cm³/mol. The van der Waals surface area contributed by atoms with Crippen LogP contribution in [0.25, 0.3) is 0 Å². The quantitative estimate of drug-likeness (QED) is 0.175. The minimum Gasteiger partial charge on any atom is -0.507 e. The SMILES string of the molecule is COc1cc(OC)c2c(c1Cl)O[C@]1(C2=O)C(O)=C(C(CC(=O)NCC(c2cc(OC)c(OC)c(OC)c2)N(C)C)c2ccc(SC)cc2)C(=O)C[C@H]1C. The molecule has 0 radical (unpaired) electrons. The number of hydrogen-bond acceptors (Lipinski definition) is 12. The topological polar surface area (TPSA) is 142 Å². The summed E-state index contributed by atoms with van der Waals surface area (Å²) in [5.74, 6) is -1.96. The number of halogens is 1. The Morgan fingerprint density at radius 1 is 0.962 bits per heavy atom. The normalized spacial score (nSPS) is 19.1. The molecule has 14 heteroatoms. The summed E-state index contributed by atoms with van der Waals surface area (Å²) in [6.45, 7) is 1.84. The molecule has 2 aliphatic rings. The van der Waals surface area contributed by atoms with Crippen molar-refractivity contribution in [2.75, 3.05) is 62.4 Å². The molecule has 0 saturated heterocycles. The molecule has 1 spiro atoms. The van der Waals surface area contributed by atoms with Crippen LogP contribution in [0.4, 0.5) is 0 Å². The van der Waals surface area contributed by atoms with Gasteiger partial charge in [0.25, 0.3) is 0 Å². The molecular weight excluding hydrogens is 724 g/mol. The zero-order chi connectivity index (χ0) is 38.8. The first-order valence-corrected chi connectivity index (χ1v) is 18.4. The van der Waals surface area contributed by atoms with Gasteiger partial charge in [0.15, 0.2) is 28.8 Å². The highest BCUT2D eigenvalue weighted by Gasteiger charge is 2.61. The summed E-state index contributed by atoms with van der Waals surface area (Å²) in [5.41, 5.74) is -0.634. The van der Waals surface area contributed by atoms with Crippen LogP contribution >= 0.6 is 23.4 Å². The van der Waals surface area contributed by atoms with Gasteiger partial charge < -0.3 is 43.7 Å². The van der Waals surface area contributed by atoms with E-state index < -0.39 is 34.8 Å².